The maximum atomic E-state index is 13.2. The average molecular weight is 473 g/mol. The van der Waals surface area contributed by atoms with Gasteiger partial charge in [0.25, 0.3) is 5.56 Å². The fraction of sp³-hybridized carbons (Fsp3) is 0.217. The van der Waals surface area contributed by atoms with Gasteiger partial charge < -0.3 is 9.47 Å². The van der Waals surface area contributed by atoms with Crippen LogP contribution in [0, 0.1) is 0 Å². The Hall–Kier alpha value is -2.48. The molecule has 0 N–H and O–H groups in total. The number of thioether (sulfide) groups is 1. The van der Waals surface area contributed by atoms with Gasteiger partial charge in [-0.05, 0) is 53.3 Å². The third-order valence-electron chi connectivity index (χ3n) is 4.88. The lowest BCUT2D eigenvalue weighted by Gasteiger charge is -2.13. The minimum absolute atomic E-state index is 0.000849. The molecular weight excluding hydrogens is 452 g/mol. The van der Waals surface area contributed by atoms with Crippen molar-refractivity contribution in [3.8, 4) is 11.5 Å². The van der Waals surface area contributed by atoms with Gasteiger partial charge >= 0.3 is 0 Å². The average Bonchev–Trinajstić information content (AvgIpc) is 3.27. The van der Waals surface area contributed by atoms with Gasteiger partial charge in [0.1, 0.15) is 4.70 Å². The van der Waals surface area contributed by atoms with Gasteiger partial charge in [-0.1, -0.05) is 41.6 Å². The summed E-state index contributed by atoms with van der Waals surface area (Å²) in [5.74, 6) is 2.07. The number of methoxy groups -OCH3 is 2. The largest absolute Gasteiger partial charge is 0.493 e. The number of halogens is 1. The molecule has 5 nitrogen and oxygen atoms in total. The van der Waals surface area contributed by atoms with Gasteiger partial charge in [-0.25, -0.2) is 4.98 Å². The molecule has 0 aliphatic heterocycles. The number of benzene rings is 2. The van der Waals surface area contributed by atoms with Crippen molar-refractivity contribution in [1.29, 1.82) is 0 Å². The molecule has 0 amide bonds. The van der Waals surface area contributed by atoms with E-state index in [1.807, 2.05) is 53.9 Å². The van der Waals surface area contributed by atoms with E-state index in [9.17, 15) is 4.79 Å². The molecule has 8 heteroatoms. The second kappa shape index (κ2) is 9.77. The van der Waals surface area contributed by atoms with E-state index in [-0.39, 0.29) is 5.56 Å². The Balaban J connectivity index is 1.61. The Bertz CT molecular complexity index is 1250. The van der Waals surface area contributed by atoms with Crippen molar-refractivity contribution in [2.45, 2.75) is 23.9 Å². The maximum Gasteiger partial charge on any atom is 0.272 e. The highest BCUT2D eigenvalue weighted by atomic mass is 35.5. The Kier molecular flexibility index (Phi) is 6.85. The molecule has 0 radical (unpaired) electrons. The number of ether oxygens (including phenoxy) is 2. The van der Waals surface area contributed by atoms with Crippen molar-refractivity contribution in [3.63, 3.8) is 0 Å². The standard InChI is InChI=1S/C23H21ClN2O3S2/c1-28-19-8-5-15(13-20(19)29-2)9-11-26-22(27)21-18(10-12-30-21)25-23(26)31-14-16-3-6-17(24)7-4-16/h3-8,10,12-13H,9,11,14H2,1-2H3. The Morgan fingerprint density at radius 2 is 1.77 bits per heavy atom. The molecule has 0 aliphatic rings. The van der Waals surface area contributed by atoms with Crippen LogP contribution in [0.5, 0.6) is 11.5 Å². The summed E-state index contributed by atoms with van der Waals surface area (Å²) in [6.45, 7) is 0.526. The number of thiophene rings is 1. The van der Waals surface area contributed by atoms with Crippen LogP contribution in [-0.4, -0.2) is 23.8 Å². The monoisotopic (exact) mass is 472 g/mol. The van der Waals surface area contributed by atoms with Gasteiger partial charge in [0.15, 0.2) is 16.7 Å². The number of hydrogen-bond acceptors (Lipinski definition) is 6. The Morgan fingerprint density at radius 1 is 1.03 bits per heavy atom. The fourth-order valence-electron chi connectivity index (χ4n) is 3.24. The second-order valence-corrected chi connectivity index (χ2v) is 9.14. The zero-order chi connectivity index (χ0) is 21.8. The van der Waals surface area contributed by atoms with Gasteiger partial charge in [-0.2, -0.15) is 0 Å². The molecule has 0 fully saturated rings. The molecule has 2 aromatic heterocycles. The first-order valence-electron chi connectivity index (χ1n) is 9.65. The lowest BCUT2D eigenvalue weighted by molar-refractivity contribution is 0.354. The van der Waals surface area contributed by atoms with E-state index >= 15 is 0 Å². The summed E-state index contributed by atoms with van der Waals surface area (Å²) in [6, 6.07) is 15.4. The van der Waals surface area contributed by atoms with E-state index in [1.54, 1.807) is 30.5 Å². The number of aromatic nitrogens is 2. The number of hydrogen-bond donors (Lipinski definition) is 0. The van der Waals surface area contributed by atoms with Crippen molar-refractivity contribution < 1.29 is 9.47 Å². The quantitative estimate of drug-likeness (QED) is 0.244. The highest BCUT2D eigenvalue weighted by Gasteiger charge is 2.14. The molecule has 2 heterocycles. The molecule has 0 atom stereocenters. The minimum atomic E-state index is -0.000849. The molecule has 0 bridgehead atoms. The molecule has 0 saturated carbocycles. The first-order valence-corrected chi connectivity index (χ1v) is 11.9. The zero-order valence-electron chi connectivity index (χ0n) is 17.1. The molecule has 160 valence electrons. The van der Waals surface area contributed by atoms with Gasteiger partial charge in [0, 0.05) is 17.3 Å². The van der Waals surface area contributed by atoms with E-state index in [0.717, 1.165) is 16.6 Å². The predicted molar refractivity (Wildman–Crippen MR) is 128 cm³/mol. The normalized spacial score (nSPS) is 11.1. The van der Waals surface area contributed by atoms with Crippen molar-refractivity contribution in [1.82, 2.24) is 9.55 Å². The van der Waals surface area contributed by atoms with E-state index in [2.05, 4.69) is 0 Å². The van der Waals surface area contributed by atoms with Crippen LogP contribution < -0.4 is 15.0 Å². The van der Waals surface area contributed by atoms with Crippen molar-refractivity contribution in [2.75, 3.05) is 14.2 Å². The zero-order valence-corrected chi connectivity index (χ0v) is 19.5. The second-order valence-electron chi connectivity index (χ2n) is 6.84. The summed E-state index contributed by atoms with van der Waals surface area (Å²) in [7, 11) is 3.23. The van der Waals surface area contributed by atoms with E-state index in [4.69, 9.17) is 26.1 Å². The van der Waals surface area contributed by atoms with Crippen LogP contribution in [0.2, 0.25) is 5.02 Å². The van der Waals surface area contributed by atoms with Crippen LogP contribution in [0.1, 0.15) is 11.1 Å². The lowest BCUT2D eigenvalue weighted by atomic mass is 10.1. The fourth-order valence-corrected chi connectivity index (χ4v) is 5.12. The Morgan fingerprint density at radius 3 is 2.52 bits per heavy atom. The van der Waals surface area contributed by atoms with Crippen LogP contribution >= 0.6 is 34.7 Å². The minimum Gasteiger partial charge on any atom is -0.493 e. The van der Waals surface area contributed by atoms with Crippen LogP contribution in [-0.2, 0) is 18.7 Å². The van der Waals surface area contributed by atoms with Crippen molar-refractivity contribution >= 4 is 44.9 Å². The summed E-state index contributed by atoms with van der Waals surface area (Å²) in [5.41, 5.74) is 2.93. The van der Waals surface area contributed by atoms with Crippen LogP contribution in [0.25, 0.3) is 10.2 Å². The molecule has 4 aromatic rings. The van der Waals surface area contributed by atoms with Gasteiger partial charge in [-0.3, -0.25) is 9.36 Å². The van der Waals surface area contributed by atoms with Gasteiger partial charge in [-0.15, -0.1) is 11.3 Å². The number of nitrogens with zero attached hydrogens (tertiary/aromatic N) is 2. The molecule has 0 aliphatic carbocycles. The Labute approximate surface area is 193 Å². The SMILES string of the molecule is COc1ccc(CCn2c(SCc3ccc(Cl)cc3)nc3ccsc3c2=O)cc1OC. The van der Waals surface area contributed by atoms with Crippen LogP contribution in [0.15, 0.2) is 63.9 Å². The van der Waals surface area contributed by atoms with Gasteiger partial charge in [0.2, 0.25) is 0 Å². The summed E-state index contributed by atoms with van der Waals surface area (Å²) < 4.78 is 13.2. The van der Waals surface area contributed by atoms with Crippen molar-refractivity contribution in [2.24, 2.45) is 0 Å². The first-order chi connectivity index (χ1) is 15.1. The summed E-state index contributed by atoms with van der Waals surface area (Å²) in [4.78, 5) is 17.9. The smallest absolute Gasteiger partial charge is 0.272 e. The molecule has 2 aromatic carbocycles. The third-order valence-corrected chi connectivity index (χ3v) is 7.08. The summed E-state index contributed by atoms with van der Waals surface area (Å²) in [6.07, 6.45) is 0.674. The first kappa shape index (κ1) is 21.7. The summed E-state index contributed by atoms with van der Waals surface area (Å²) >= 11 is 8.97. The number of fused-ring (bicyclic) bond motifs is 1. The predicted octanol–water partition coefficient (Wildman–Crippen LogP) is 5.66. The van der Waals surface area contributed by atoms with Gasteiger partial charge in [0.05, 0.1) is 19.7 Å². The van der Waals surface area contributed by atoms with Crippen LogP contribution in [0.4, 0.5) is 0 Å². The highest BCUT2D eigenvalue weighted by molar-refractivity contribution is 7.98. The molecule has 31 heavy (non-hydrogen) atoms. The third kappa shape index (κ3) is 4.89. The molecule has 0 spiro atoms. The highest BCUT2D eigenvalue weighted by Crippen LogP contribution is 2.29. The number of aryl methyl sites for hydroxylation is 1. The van der Waals surface area contributed by atoms with Crippen molar-refractivity contribution in [3.05, 3.63) is 80.4 Å². The molecule has 0 unspecified atom stereocenters. The maximum absolute atomic E-state index is 13.2. The number of rotatable bonds is 8. The topological polar surface area (TPSA) is 53.4 Å². The molecule has 0 saturated heterocycles. The van der Waals surface area contributed by atoms with E-state index in [0.29, 0.717) is 45.1 Å². The molecular formula is C23H21ClN2O3S2. The van der Waals surface area contributed by atoms with E-state index < -0.39 is 0 Å². The molecule has 4 rings (SSSR count). The van der Waals surface area contributed by atoms with E-state index in [1.165, 1.54) is 11.3 Å². The van der Waals surface area contributed by atoms with Crippen LogP contribution in [0.3, 0.4) is 0 Å². The lowest BCUT2D eigenvalue weighted by Crippen LogP contribution is -2.23. The summed E-state index contributed by atoms with van der Waals surface area (Å²) in [5, 5.41) is 3.33.